The highest BCUT2D eigenvalue weighted by Crippen LogP contribution is 2.21. The highest BCUT2D eigenvalue weighted by Gasteiger charge is 2.22. The van der Waals surface area contributed by atoms with E-state index in [1.807, 2.05) is 0 Å². The Balaban J connectivity index is 3.14. The van der Waals surface area contributed by atoms with Crippen LogP contribution in [0.15, 0.2) is 24.3 Å². The quantitative estimate of drug-likeness (QED) is 0.843. The molecule has 0 heterocycles. The van der Waals surface area contributed by atoms with Crippen LogP contribution in [0.2, 0.25) is 0 Å². The fraction of sp³-hybridized carbons (Fsp3) is 0.400. The molecular weight excluding hydrogens is 233 g/mol. The van der Waals surface area contributed by atoms with E-state index in [4.69, 9.17) is 5.11 Å². The van der Waals surface area contributed by atoms with Crippen LogP contribution in [0.1, 0.15) is 6.92 Å². The lowest BCUT2D eigenvalue weighted by Crippen LogP contribution is -2.34. The summed E-state index contributed by atoms with van der Waals surface area (Å²) >= 11 is 0. The third-order valence-corrected chi connectivity index (χ3v) is 3.92. The standard InChI is InChI=1S/C10H14FNO3S/c1-2-12(16(14,15)8-7-13)10-6-4-3-5-9(10)11/h3-6,13H,2,7-8H2,1H3. The van der Waals surface area contributed by atoms with Gasteiger partial charge < -0.3 is 5.11 Å². The molecule has 0 bridgehead atoms. The molecule has 0 saturated heterocycles. The second-order valence-electron chi connectivity index (χ2n) is 3.16. The minimum atomic E-state index is -3.65. The fourth-order valence-corrected chi connectivity index (χ4v) is 2.69. The van der Waals surface area contributed by atoms with Crippen molar-refractivity contribution in [1.82, 2.24) is 0 Å². The van der Waals surface area contributed by atoms with Crippen LogP contribution < -0.4 is 4.31 Å². The van der Waals surface area contributed by atoms with E-state index in [2.05, 4.69) is 0 Å². The van der Waals surface area contributed by atoms with Gasteiger partial charge in [-0.25, -0.2) is 12.8 Å². The van der Waals surface area contributed by atoms with Crippen LogP contribution in [-0.2, 0) is 10.0 Å². The third kappa shape index (κ3) is 2.70. The Labute approximate surface area is 94.4 Å². The molecule has 6 heteroatoms. The molecule has 0 saturated carbocycles. The summed E-state index contributed by atoms with van der Waals surface area (Å²) in [6.07, 6.45) is 0. The highest BCUT2D eigenvalue weighted by molar-refractivity contribution is 7.92. The molecule has 1 N–H and O–H groups in total. The number of benzene rings is 1. The first kappa shape index (κ1) is 12.9. The molecule has 1 aromatic carbocycles. The predicted octanol–water partition coefficient (Wildman–Crippen LogP) is 0.974. The predicted molar refractivity (Wildman–Crippen MR) is 60.3 cm³/mol. The van der Waals surface area contributed by atoms with Crippen molar-refractivity contribution in [2.24, 2.45) is 0 Å². The van der Waals surface area contributed by atoms with Crippen LogP contribution in [0.5, 0.6) is 0 Å². The number of anilines is 1. The number of aliphatic hydroxyl groups excluding tert-OH is 1. The highest BCUT2D eigenvalue weighted by atomic mass is 32.2. The van der Waals surface area contributed by atoms with E-state index in [-0.39, 0.29) is 12.2 Å². The number of rotatable bonds is 5. The number of nitrogens with zero attached hydrogens (tertiary/aromatic N) is 1. The first-order valence-corrected chi connectivity index (χ1v) is 6.49. The van der Waals surface area contributed by atoms with Crippen molar-refractivity contribution in [2.45, 2.75) is 6.92 Å². The molecule has 0 aliphatic rings. The van der Waals surface area contributed by atoms with E-state index >= 15 is 0 Å². The van der Waals surface area contributed by atoms with Gasteiger partial charge >= 0.3 is 0 Å². The van der Waals surface area contributed by atoms with E-state index in [0.717, 1.165) is 4.31 Å². The topological polar surface area (TPSA) is 57.6 Å². The zero-order valence-electron chi connectivity index (χ0n) is 8.93. The molecule has 0 aromatic heterocycles. The first-order chi connectivity index (χ1) is 7.53. The SMILES string of the molecule is CCN(c1ccccc1F)S(=O)(=O)CCO. The van der Waals surface area contributed by atoms with Gasteiger partial charge in [0.15, 0.2) is 0 Å². The zero-order chi connectivity index (χ0) is 12.2. The Kier molecular flexibility index (Phi) is 4.26. The monoisotopic (exact) mass is 247 g/mol. The lowest BCUT2D eigenvalue weighted by molar-refractivity contribution is 0.319. The summed E-state index contributed by atoms with van der Waals surface area (Å²) in [5.74, 6) is -0.999. The summed E-state index contributed by atoms with van der Waals surface area (Å²) in [6, 6.07) is 5.65. The fourth-order valence-electron chi connectivity index (χ4n) is 1.40. The molecule has 4 nitrogen and oxygen atoms in total. The molecule has 0 amide bonds. The molecule has 0 aliphatic heterocycles. The largest absolute Gasteiger partial charge is 0.395 e. The average Bonchev–Trinajstić information content (AvgIpc) is 2.21. The summed E-state index contributed by atoms with van der Waals surface area (Å²) in [6.45, 7) is 1.26. The summed E-state index contributed by atoms with van der Waals surface area (Å²) in [5.41, 5.74) is 0.0125. The molecular formula is C10H14FNO3S. The Morgan fingerprint density at radius 2 is 2.00 bits per heavy atom. The van der Waals surface area contributed by atoms with Gasteiger partial charge in [-0.05, 0) is 19.1 Å². The molecule has 16 heavy (non-hydrogen) atoms. The van der Waals surface area contributed by atoms with Crippen molar-refractivity contribution in [2.75, 3.05) is 23.2 Å². The van der Waals surface area contributed by atoms with Crippen LogP contribution in [0.25, 0.3) is 0 Å². The van der Waals surface area contributed by atoms with Gasteiger partial charge in [-0.2, -0.15) is 0 Å². The molecule has 0 aliphatic carbocycles. The van der Waals surface area contributed by atoms with Gasteiger partial charge in [0.2, 0.25) is 10.0 Å². The van der Waals surface area contributed by atoms with Gasteiger partial charge in [-0.3, -0.25) is 4.31 Å². The van der Waals surface area contributed by atoms with Gasteiger partial charge in [0.25, 0.3) is 0 Å². The van der Waals surface area contributed by atoms with Crippen LogP contribution in [0, 0.1) is 5.82 Å². The van der Waals surface area contributed by atoms with Crippen molar-refractivity contribution < 1.29 is 17.9 Å². The van der Waals surface area contributed by atoms with Gasteiger partial charge in [0.1, 0.15) is 5.82 Å². The molecule has 0 unspecified atom stereocenters. The van der Waals surface area contributed by atoms with Gasteiger partial charge in [-0.15, -0.1) is 0 Å². The number of hydrogen-bond donors (Lipinski definition) is 1. The normalized spacial score (nSPS) is 11.4. The van der Waals surface area contributed by atoms with E-state index < -0.39 is 28.2 Å². The summed E-state index contributed by atoms with van der Waals surface area (Å²) in [5, 5.41) is 8.66. The van der Waals surface area contributed by atoms with E-state index in [9.17, 15) is 12.8 Å². The van der Waals surface area contributed by atoms with Crippen LogP contribution in [0.3, 0.4) is 0 Å². The summed E-state index contributed by atoms with van der Waals surface area (Å²) < 4.78 is 37.8. The molecule has 0 fully saturated rings. The van der Waals surface area contributed by atoms with Crippen LogP contribution in [0.4, 0.5) is 10.1 Å². The van der Waals surface area contributed by atoms with E-state index in [0.29, 0.717) is 0 Å². The maximum absolute atomic E-state index is 13.4. The van der Waals surface area contributed by atoms with Crippen molar-refractivity contribution in [3.63, 3.8) is 0 Å². The van der Waals surface area contributed by atoms with Crippen molar-refractivity contribution in [1.29, 1.82) is 0 Å². The minimum Gasteiger partial charge on any atom is -0.395 e. The lowest BCUT2D eigenvalue weighted by atomic mass is 10.3. The first-order valence-electron chi connectivity index (χ1n) is 4.88. The summed E-state index contributed by atoms with van der Waals surface area (Å²) in [4.78, 5) is 0. The second-order valence-corrected chi connectivity index (χ2v) is 5.17. The van der Waals surface area contributed by atoms with Crippen LogP contribution >= 0.6 is 0 Å². The van der Waals surface area contributed by atoms with Gasteiger partial charge in [-0.1, -0.05) is 12.1 Å². The molecule has 1 rings (SSSR count). The minimum absolute atomic E-state index is 0.0125. The number of halogens is 1. The third-order valence-electron chi connectivity index (χ3n) is 2.09. The van der Waals surface area contributed by atoms with Crippen molar-refractivity contribution >= 4 is 15.7 Å². The number of aliphatic hydroxyl groups is 1. The van der Waals surface area contributed by atoms with Crippen LogP contribution in [-0.4, -0.2) is 32.4 Å². The zero-order valence-corrected chi connectivity index (χ0v) is 9.74. The Morgan fingerprint density at radius 3 is 2.50 bits per heavy atom. The molecule has 1 aromatic rings. The average molecular weight is 247 g/mol. The van der Waals surface area contributed by atoms with E-state index in [1.54, 1.807) is 13.0 Å². The second kappa shape index (κ2) is 5.27. The maximum atomic E-state index is 13.4. The van der Waals surface area contributed by atoms with Crippen molar-refractivity contribution in [3.8, 4) is 0 Å². The molecule has 0 atom stereocenters. The smallest absolute Gasteiger partial charge is 0.237 e. The number of hydrogen-bond acceptors (Lipinski definition) is 3. The molecule has 0 radical (unpaired) electrons. The van der Waals surface area contributed by atoms with Gasteiger partial charge in [0, 0.05) is 6.54 Å². The maximum Gasteiger partial charge on any atom is 0.237 e. The Morgan fingerprint density at radius 1 is 1.38 bits per heavy atom. The molecule has 0 spiro atoms. The summed E-state index contributed by atoms with van der Waals surface area (Å²) in [7, 11) is -3.65. The Bertz CT molecular complexity index is 447. The van der Waals surface area contributed by atoms with Crippen molar-refractivity contribution in [3.05, 3.63) is 30.1 Å². The number of sulfonamides is 1. The lowest BCUT2D eigenvalue weighted by Gasteiger charge is -2.22. The van der Waals surface area contributed by atoms with E-state index in [1.165, 1.54) is 18.2 Å². The number of para-hydroxylation sites is 1. The molecule has 90 valence electrons. The Hall–Kier alpha value is -1.14. The van der Waals surface area contributed by atoms with Gasteiger partial charge in [0.05, 0.1) is 18.0 Å².